The van der Waals surface area contributed by atoms with Gasteiger partial charge in [-0.1, -0.05) is 0 Å². The van der Waals surface area contributed by atoms with Crippen LogP contribution in [-0.4, -0.2) is 6.36 Å². The third kappa shape index (κ3) is 2.06. The molecule has 0 fully saturated rings. The van der Waals surface area contributed by atoms with E-state index in [-0.39, 0.29) is 5.75 Å². The second-order valence-corrected chi connectivity index (χ2v) is 3.03. The fourth-order valence-electron chi connectivity index (χ4n) is 1.27. The van der Waals surface area contributed by atoms with E-state index in [1.165, 1.54) is 18.2 Å². The van der Waals surface area contributed by atoms with Crippen LogP contribution in [0.3, 0.4) is 0 Å². The summed E-state index contributed by atoms with van der Waals surface area (Å²) >= 11 is 0. The summed E-state index contributed by atoms with van der Waals surface area (Å²) < 4.78 is 44.5. The van der Waals surface area contributed by atoms with Gasteiger partial charge in [-0.15, -0.1) is 13.2 Å². The Morgan fingerprint density at radius 3 is 2.73 bits per heavy atom. The van der Waals surface area contributed by atoms with Crippen LogP contribution >= 0.6 is 0 Å². The van der Waals surface area contributed by atoms with Gasteiger partial charge in [-0.2, -0.15) is 0 Å². The van der Waals surface area contributed by atoms with Crippen molar-refractivity contribution < 1.29 is 22.3 Å². The maximum absolute atomic E-state index is 11.9. The number of furan rings is 1. The lowest BCUT2D eigenvalue weighted by molar-refractivity contribution is -0.274. The maximum atomic E-state index is 11.9. The normalized spacial score (nSPS) is 12.0. The van der Waals surface area contributed by atoms with E-state index < -0.39 is 6.36 Å². The summed E-state index contributed by atoms with van der Waals surface area (Å²) in [6.07, 6.45) is -2.12. The van der Waals surface area contributed by atoms with Gasteiger partial charge < -0.3 is 9.15 Å². The molecular weight excluding hydrogens is 209 g/mol. The molecule has 0 aliphatic rings. The first-order valence-electron chi connectivity index (χ1n) is 4.12. The first-order chi connectivity index (χ1) is 6.96. The van der Waals surface area contributed by atoms with Crippen LogP contribution in [0.15, 0.2) is 22.6 Å². The van der Waals surface area contributed by atoms with Crippen LogP contribution in [0.4, 0.5) is 13.2 Å². The van der Waals surface area contributed by atoms with Crippen molar-refractivity contribution in [3.05, 3.63) is 30.0 Å². The van der Waals surface area contributed by atoms with Gasteiger partial charge in [0.15, 0.2) is 6.26 Å². The summed E-state index contributed by atoms with van der Waals surface area (Å²) in [6, 6.07) is 3.89. The second-order valence-electron chi connectivity index (χ2n) is 3.03. The topological polar surface area (TPSA) is 22.4 Å². The van der Waals surface area contributed by atoms with Gasteiger partial charge >= 0.3 is 6.36 Å². The molecule has 2 nitrogen and oxygen atoms in total. The zero-order valence-corrected chi connectivity index (χ0v) is 7.68. The maximum Gasteiger partial charge on any atom is 0.573 e. The standard InChI is InChI=1S/C10H6F3O2/c1-6-5-14-9-3-2-7(4-8(6)9)15-10(11,12)13/h2-4H,1H3. The third-order valence-corrected chi connectivity index (χ3v) is 1.90. The number of ether oxygens (including phenoxy) is 1. The van der Waals surface area contributed by atoms with Gasteiger partial charge in [0.1, 0.15) is 11.3 Å². The highest BCUT2D eigenvalue weighted by molar-refractivity contribution is 5.81. The van der Waals surface area contributed by atoms with Crippen molar-refractivity contribution in [2.45, 2.75) is 13.3 Å². The largest absolute Gasteiger partial charge is 0.573 e. The molecule has 1 aromatic heterocycles. The van der Waals surface area contributed by atoms with E-state index in [9.17, 15) is 13.2 Å². The number of aryl methyl sites for hydroxylation is 1. The van der Waals surface area contributed by atoms with Gasteiger partial charge in [-0.3, -0.25) is 0 Å². The van der Waals surface area contributed by atoms with Crippen molar-refractivity contribution in [2.75, 3.05) is 0 Å². The van der Waals surface area contributed by atoms with Crippen LogP contribution in [0, 0.1) is 13.2 Å². The fourth-order valence-corrected chi connectivity index (χ4v) is 1.27. The molecule has 0 aliphatic heterocycles. The molecular formula is C10H6F3O2. The van der Waals surface area contributed by atoms with Crippen LogP contribution in [-0.2, 0) is 0 Å². The minimum absolute atomic E-state index is 0.257. The summed E-state index contributed by atoms with van der Waals surface area (Å²) in [5.74, 6) is -0.257. The number of halogens is 3. The van der Waals surface area contributed by atoms with E-state index in [0.717, 1.165) is 0 Å². The number of fused-ring (bicyclic) bond motifs is 1. The van der Waals surface area contributed by atoms with Crippen LogP contribution in [0.5, 0.6) is 5.75 Å². The van der Waals surface area contributed by atoms with Gasteiger partial charge in [0.2, 0.25) is 0 Å². The molecule has 1 aromatic carbocycles. The molecule has 0 amide bonds. The van der Waals surface area contributed by atoms with E-state index >= 15 is 0 Å². The van der Waals surface area contributed by atoms with Gasteiger partial charge in [0.25, 0.3) is 0 Å². The van der Waals surface area contributed by atoms with E-state index in [0.29, 0.717) is 16.5 Å². The summed E-state index contributed by atoms with van der Waals surface area (Å²) in [5.41, 5.74) is 1.14. The summed E-state index contributed by atoms with van der Waals surface area (Å²) in [6.45, 7) is 1.70. The van der Waals surface area contributed by atoms with Gasteiger partial charge in [-0.05, 0) is 25.1 Å². The molecule has 0 N–H and O–H groups in total. The average molecular weight is 215 g/mol. The Morgan fingerprint density at radius 1 is 1.33 bits per heavy atom. The highest BCUT2D eigenvalue weighted by atomic mass is 19.4. The zero-order chi connectivity index (χ0) is 11.1. The molecule has 0 saturated heterocycles. The minimum Gasteiger partial charge on any atom is -0.452 e. The van der Waals surface area contributed by atoms with E-state index in [4.69, 9.17) is 4.42 Å². The molecule has 0 unspecified atom stereocenters. The molecule has 0 bridgehead atoms. The lowest BCUT2D eigenvalue weighted by Crippen LogP contribution is -2.16. The minimum atomic E-state index is -4.67. The Labute approximate surface area is 83.2 Å². The molecule has 1 heterocycles. The van der Waals surface area contributed by atoms with Crippen molar-refractivity contribution in [3.8, 4) is 5.75 Å². The molecule has 1 radical (unpaired) electrons. The summed E-state index contributed by atoms with van der Waals surface area (Å²) in [7, 11) is 0. The second kappa shape index (κ2) is 3.18. The lowest BCUT2D eigenvalue weighted by Gasteiger charge is -2.08. The van der Waals surface area contributed by atoms with Crippen LogP contribution in [0.2, 0.25) is 0 Å². The Kier molecular flexibility index (Phi) is 2.10. The van der Waals surface area contributed by atoms with E-state index in [2.05, 4.69) is 11.0 Å². The Bertz CT molecular complexity index is 485. The Morgan fingerprint density at radius 2 is 2.07 bits per heavy atom. The number of alkyl halides is 3. The molecule has 15 heavy (non-hydrogen) atoms. The van der Waals surface area contributed by atoms with Gasteiger partial charge in [-0.25, -0.2) is 0 Å². The molecule has 0 saturated carbocycles. The number of hydrogen-bond donors (Lipinski definition) is 0. The molecule has 2 rings (SSSR count). The highest BCUT2D eigenvalue weighted by Crippen LogP contribution is 2.28. The Balaban J connectivity index is 2.42. The lowest BCUT2D eigenvalue weighted by atomic mass is 10.2. The molecule has 5 heteroatoms. The predicted octanol–water partition coefficient (Wildman–Crippen LogP) is 3.44. The zero-order valence-electron chi connectivity index (χ0n) is 7.68. The number of benzene rings is 1. The molecule has 2 aromatic rings. The van der Waals surface area contributed by atoms with Crippen molar-refractivity contribution in [3.63, 3.8) is 0 Å². The van der Waals surface area contributed by atoms with Crippen LogP contribution < -0.4 is 4.74 Å². The predicted molar refractivity (Wildman–Crippen MR) is 46.5 cm³/mol. The number of hydrogen-bond acceptors (Lipinski definition) is 2. The van der Waals surface area contributed by atoms with Crippen LogP contribution in [0.1, 0.15) is 5.56 Å². The molecule has 0 atom stereocenters. The van der Waals surface area contributed by atoms with Crippen molar-refractivity contribution in [1.82, 2.24) is 0 Å². The fraction of sp³-hybridized carbons (Fsp3) is 0.200. The molecule has 0 aliphatic carbocycles. The first-order valence-corrected chi connectivity index (χ1v) is 4.12. The smallest absolute Gasteiger partial charge is 0.452 e. The quantitative estimate of drug-likeness (QED) is 0.726. The van der Waals surface area contributed by atoms with Gasteiger partial charge in [0, 0.05) is 10.9 Å². The monoisotopic (exact) mass is 215 g/mol. The van der Waals surface area contributed by atoms with Gasteiger partial charge in [0.05, 0.1) is 0 Å². The highest BCUT2D eigenvalue weighted by Gasteiger charge is 2.31. The Hall–Kier alpha value is -1.65. The molecule has 79 valence electrons. The van der Waals surface area contributed by atoms with E-state index in [1.807, 2.05) is 0 Å². The summed E-state index contributed by atoms with van der Waals surface area (Å²) in [4.78, 5) is 0. The number of rotatable bonds is 1. The average Bonchev–Trinajstić information content (AvgIpc) is 2.45. The van der Waals surface area contributed by atoms with Crippen molar-refractivity contribution in [1.29, 1.82) is 0 Å². The van der Waals surface area contributed by atoms with E-state index in [1.54, 1.807) is 6.92 Å². The summed E-state index contributed by atoms with van der Waals surface area (Å²) in [5, 5.41) is 0.566. The third-order valence-electron chi connectivity index (χ3n) is 1.90. The first kappa shape index (κ1) is 9.89. The SMILES string of the molecule is Cc1[c]oc2ccc(OC(F)(F)F)cc12. The van der Waals surface area contributed by atoms with Crippen molar-refractivity contribution in [2.24, 2.45) is 0 Å². The molecule has 0 spiro atoms. The van der Waals surface area contributed by atoms with Crippen LogP contribution in [0.25, 0.3) is 11.0 Å². The van der Waals surface area contributed by atoms with Crippen molar-refractivity contribution >= 4 is 11.0 Å².